The third kappa shape index (κ3) is 5.06. The molecule has 1 fully saturated rings. The lowest BCUT2D eigenvalue weighted by Gasteiger charge is -2.23. The fourth-order valence-electron chi connectivity index (χ4n) is 4.00. The van der Waals surface area contributed by atoms with Crippen LogP contribution in [0.25, 0.3) is 11.1 Å². The van der Waals surface area contributed by atoms with Gasteiger partial charge in [-0.3, -0.25) is 0 Å². The monoisotopic (exact) mass is 425 g/mol. The van der Waals surface area contributed by atoms with Crippen molar-refractivity contribution >= 4 is 11.8 Å². The Labute approximate surface area is 189 Å². The predicted octanol–water partition coefficient (Wildman–Crippen LogP) is 4.35. The van der Waals surface area contributed by atoms with Gasteiger partial charge in [-0.1, -0.05) is 54.1 Å². The molecule has 4 rings (SSSR count). The lowest BCUT2D eigenvalue weighted by molar-refractivity contribution is 0.201. The van der Waals surface area contributed by atoms with Crippen molar-refractivity contribution in [2.75, 3.05) is 31.1 Å². The molecule has 2 heterocycles. The molecule has 2 amide bonds. The van der Waals surface area contributed by atoms with E-state index in [1.165, 1.54) is 16.7 Å². The molecule has 1 aliphatic rings. The van der Waals surface area contributed by atoms with E-state index in [0.29, 0.717) is 37.6 Å². The van der Waals surface area contributed by atoms with Gasteiger partial charge in [0.15, 0.2) is 0 Å². The maximum Gasteiger partial charge on any atom is 0.317 e. The van der Waals surface area contributed by atoms with Crippen LogP contribution in [-0.4, -0.2) is 42.1 Å². The number of aromatic nitrogens is 1. The molecule has 0 spiro atoms. The first kappa shape index (κ1) is 21.4. The van der Waals surface area contributed by atoms with Gasteiger partial charge in [-0.25, -0.2) is 9.78 Å². The number of rotatable bonds is 4. The molecule has 1 N–H and O–H groups in total. The molecule has 2 aromatic carbocycles. The van der Waals surface area contributed by atoms with Crippen molar-refractivity contribution in [2.45, 2.75) is 19.9 Å². The maximum absolute atomic E-state index is 12.7. The number of hydrogen-bond acceptors (Lipinski definition) is 4. The second-order valence-corrected chi connectivity index (χ2v) is 8.04. The average molecular weight is 426 g/mol. The molecule has 3 aromatic rings. The summed E-state index contributed by atoms with van der Waals surface area (Å²) in [7, 11) is 0. The van der Waals surface area contributed by atoms with Crippen LogP contribution in [0.15, 0.2) is 66.9 Å². The predicted molar refractivity (Wildman–Crippen MR) is 126 cm³/mol. The third-order valence-corrected chi connectivity index (χ3v) is 5.74. The first-order valence-electron chi connectivity index (χ1n) is 10.9. The number of pyridine rings is 1. The third-order valence-electron chi connectivity index (χ3n) is 5.74. The second kappa shape index (κ2) is 9.97. The first-order valence-corrected chi connectivity index (χ1v) is 10.9. The van der Waals surface area contributed by atoms with Crippen LogP contribution in [-0.2, 0) is 6.54 Å². The molecule has 1 aromatic heterocycles. The Morgan fingerprint density at radius 2 is 1.88 bits per heavy atom. The summed E-state index contributed by atoms with van der Waals surface area (Å²) in [6.07, 6.45) is 2.54. The van der Waals surface area contributed by atoms with Gasteiger partial charge < -0.3 is 15.1 Å². The zero-order valence-electron chi connectivity index (χ0n) is 18.3. The van der Waals surface area contributed by atoms with Crippen molar-refractivity contribution in [3.63, 3.8) is 0 Å². The summed E-state index contributed by atoms with van der Waals surface area (Å²) >= 11 is 0. The Morgan fingerprint density at radius 3 is 2.66 bits per heavy atom. The van der Waals surface area contributed by atoms with Gasteiger partial charge in [0.1, 0.15) is 11.9 Å². The average Bonchev–Trinajstić information content (AvgIpc) is 3.09. The topological polar surface area (TPSA) is 72.3 Å². The van der Waals surface area contributed by atoms with E-state index in [0.717, 1.165) is 18.5 Å². The number of carbonyl (C=O) groups is 1. The molecular formula is C26H27N5O. The number of nitriles is 1. The summed E-state index contributed by atoms with van der Waals surface area (Å²) in [6, 6.07) is 22.5. The van der Waals surface area contributed by atoms with Crippen molar-refractivity contribution in [1.82, 2.24) is 15.2 Å². The van der Waals surface area contributed by atoms with E-state index in [2.05, 4.69) is 76.7 Å². The SMILES string of the molecule is Cc1cccc(-c2ccc(CNC(=O)N3CCCN(c4ncccc4C#N)CC3)cc2)c1. The number of benzene rings is 2. The van der Waals surface area contributed by atoms with Crippen LogP contribution in [0.1, 0.15) is 23.1 Å². The highest BCUT2D eigenvalue weighted by molar-refractivity contribution is 5.74. The molecule has 0 saturated carbocycles. The molecule has 0 radical (unpaired) electrons. The van der Waals surface area contributed by atoms with Crippen LogP contribution in [0.5, 0.6) is 0 Å². The molecule has 1 saturated heterocycles. The van der Waals surface area contributed by atoms with Gasteiger partial charge in [0.05, 0.1) is 5.56 Å². The van der Waals surface area contributed by atoms with Crippen LogP contribution in [0, 0.1) is 18.3 Å². The van der Waals surface area contributed by atoms with E-state index in [1.54, 1.807) is 18.3 Å². The minimum atomic E-state index is -0.0591. The lowest BCUT2D eigenvalue weighted by atomic mass is 10.0. The Bertz CT molecular complexity index is 1120. The molecule has 1 aliphatic heterocycles. The zero-order chi connectivity index (χ0) is 22.3. The fourth-order valence-corrected chi connectivity index (χ4v) is 4.00. The van der Waals surface area contributed by atoms with Crippen LogP contribution in [0.2, 0.25) is 0 Å². The lowest BCUT2D eigenvalue weighted by Crippen LogP contribution is -2.41. The van der Waals surface area contributed by atoms with E-state index in [-0.39, 0.29) is 6.03 Å². The number of hydrogen-bond donors (Lipinski definition) is 1. The molecule has 32 heavy (non-hydrogen) atoms. The van der Waals surface area contributed by atoms with Gasteiger partial charge in [-0.05, 0) is 42.2 Å². The number of anilines is 1. The summed E-state index contributed by atoms with van der Waals surface area (Å²) < 4.78 is 0. The Morgan fingerprint density at radius 1 is 1.03 bits per heavy atom. The molecule has 0 unspecified atom stereocenters. The van der Waals surface area contributed by atoms with Crippen molar-refractivity contribution in [3.8, 4) is 17.2 Å². The van der Waals surface area contributed by atoms with E-state index >= 15 is 0 Å². The highest BCUT2D eigenvalue weighted by Crippen LogP contribution is 2.21. The van der Waals surface area contributed by atoms with Crippen molar-refractivity contribution < 1.29 is 4.79 Å². The van der Waals surface area contributed by atoms with E-state index < -0.39 is 0 Å². The van der Waals surface area contributed by atoms with Crippen molar-refractivity contribution in [2.24, 2.45) is 0 Å². The van der Waals surface area contributed by atoms with Gasteiger partial charge in [-0.15, -0.1) is 0 Å². The smallest absolute Gasteiger partial charge is 0.317 e. The van der Waals surface area contributed by atoms with Gasteiger partial charge in [-0.2, -0.15) is 5.26 Å². The van der Waals surface area contributed by atoms with Crippen LogP contribution >= 0.6 is 0 Å². The highest BCUT2D eigenvalue weighted by atomic mass is 16.2. The molecule has 0 atom stereocenters. The summed E-state index contributed by atoms with van der Waals surface area (Å²) in [5.41, 5.74) is 5.24. The minimum absolute atomic E-state index is 0.0591. The number of carbonyl (C=O) groups excluding carboxylic acids is 1. The van der Waals surface area contributed by atoms with Gasteiger partial charge in [0.25, 0.3) is 0 Å². The van der Waals surface area contributed by atoms with E-state index in [1.807, 2.05) is 4.90 Å². The fraction of sp³-hybridized carbons (Fsp3) is 0.269. The molecule has 0 aliphatic carbocycles. The molecular weight excluding hydrogens is 398 g/mol. The largest absolute Gasteiger partial charge is 0.354 e. The summed E-state index contributed by atoms with van der Waals surface area (Å²) in [5, 5.41) is 12.4. The van der Waals surface area contributed by atoms with Gasteiger partial charge >= 0.3 is 6.03 Å². The highest BCUT2D eigenvalue weighted by Gasteiger charge is 2.21. The molecule has 162 valence electrons. The number of urea groups is 1. The first-order chi connectivity index (χ1) is 15.6. The summed E-state index contributed by atoms with van der Waals surface area (Å²) in [5.74, 6) is 0.700. The zero-order valence-corrected chi connectivity index (χ0v) is 18.3. The quantitative estimate of drug-likeness (QED) is 0.675. The molecule has 6 heteroatoms. The van der Waals surface area contributed by atoms with Gasteiger partial charge in [0.2, 0.25) is 0 Å². The second-order valence-electron chi connectivity index (χ2n) is 8.04. The number of nitrogens with one attached hydrogen (secondary N) is 1. The van der Waals surface area contributed by atoms with E-state index in [4.69, 9.17) is 0 Å². The number of nitrogens with zero attached hydrogens (tertiary/aromatic N) is 4. The Balaban J connectivity index is 1.32. The summed E-state index contributed by atoms with van der Waals surface area (Å²) in [4.78, 5) is 21.1. The van der Waals surface area contributed by atoms with Crippen LogP contribution in [0.3, 0.4) is 0 Å². The van der Waals surface area contributed by atoms with Crippen LogP contribution in [0.4, 0.5) is 10.6 Å². The van der Waals surface area contributed by atoms with Crippen molar-refractivity contribution in [1.29, 1.82) is 5.26 Å². The van der Waals surface area contributed by atoms with Gasteiger partial charge in [0, 0.05) is 38.9 Å². The normalized spacial score (nSPS) is 13.9. The summed E-state index contributed by atoms with van der Waals surface area (Å²) in [6.45, 7) is 5.29. The maximum atomic E-state index is 12.7. The standard InChI is InChI=1S/C26H27N5O/c1-20-5-2-6-23(17-20)22-10-8-21(9-11-22)19-29-26(32)31-14-4-13-30(15-16-31)25-24(18-27)7-3-12-28-25/h2-3,5-12,17H,4,13-16,19H2,1H3,(H,29,32). The minimum Gasteiger partial charge on any atom is -0.354 e. The van der Waals surface area contributed by atoms with Crippen LogP contribution < -0.4 is 10.2 Å². The molecule has 6 nitrogen and oxygen atoms in total. The van der Waals surface area contributed by atoms with Crippen molar-refractivity contribution in [3.05, 3.63) is 83.6 Å². The Kier molecular flexibility index (Phi) is 6.66. The Hall–Kier alpha value is -3.85. The number of aryl methyl sites for hydroxylation is 1. The number of amides is 2. The van der Waals surface area contributed by atoms with E-state index in [9.17, 15) is 10.1 Å². The molecule has 0 bridgehead atoms.